The van der Waals surface area contributed by atoms with E-state index in [1.165, 1.54) is 6.33 Å². The minimum atomic E-state index is 0.140. The smallest absolute Gasteiger partial charge is 0.224 e. The second kappa shape index (κ2) is 8.91. The number of amides is 1. The number of ether oxygens (including phenoxy) is 2. The molecule has 1 saturated heterocycles. The molecule has 0 aliphatic carbocycles. The van der Waals surface area contributed by atoms with E-state index in [1.807, 2.05) is 35.2 Å². The van der Waals surface area contributed by atoms with Gasteiger partial charge in [0.05, 0.1) is 7.11 Å². The van der Waals surface area contributed by atoms with E-state index in [0.717, 1.165) is 24.7 Å². The number of carbonyl (C=O) groups is 1. The third-order valence-corrected chi connectivity index (χ3v) is 4.76. The Morgan fingerprint density at radius 2 is 1.89 bits per heavy atom. The lowest BCUT2D eigenvalue weighted by Crippen LogP contribution is -2.54. The van der Waals surface area contributed by atoms with Crippen molar-refractivity contribution in [2.75, 3.05) is 31.6 Å². The van der Waals surface area contributed by atoms with Crippen LogP contribution in [-0.2, 0) is 4.79 Å². The molecule has 0 N–H and O–H groups in total. The second-order valence-corrected chi connectivity index (χ2v) is 7.47. The Morgan fingerprint density at radius 3 is 2.54 bits per heavy atom. The number of hydrogen-bond donors (Lipinski definition) is 0. The monoisotopic (exact) mass is 384 g/mol. The fourth-order valence-electron chi connectivity index (χ4n) is 3.33. The zero-order valence-corrected chi connectivity index (χ0v) is 17.0. The molecule has 2 aromatic rings. The first-order valence-electron chi connectivity index (χ1n) is 9.64. The summed E-state index contributed by atoms with van der Waals surface area (Å²) in [6.07, 6.45) is 2.10. The summed E-state index contributed by atoms with van der Waals surface area (Å²) in [6, 6.07) is 9.33. The fraction of sp³-hybridized carbons (Fsp3) is 0.476. The Labute approximate surface area is 166 Å². The maximum Gasteiger partial charge on any atom is 0.224 e. The first-order valence-corrected chi connectivity index (χ1v) is 9.64. The highest BCUT2D eigenvalue weighted by Gasteiger charge is 2.28. The van der Waals surface area contributed by atoms with Crippen molar-refractivity contribution in [3.8, 4) is 17.4 Å². The van der Waals surface area contributed by atoms with Gasteiger partial charge in [-0.1, -0.05) is 13.8 Å². The lowest BCUT2D eigenvalue weighted by atomic mass is 10.1. The molecule has 7 heteroatoms. The topological polar surface area (TPSA) is 67.8 Å². The minimum absolute atomic E-state index is 0.140. The molecular weight excluding hydrogens is 356 g/mol. The lowest BCUT2D eigenvalue weighted by molar-refractivity contribution is -0.134. The maximum atomic E-state index is 12.4. The average molecular weight is 384 g/mol. The van der Waals surface area contributed by atoms with E-state index in [9.17, 15) is 4.79 Å². The number of aromatic nitrogens is 2. The molecule has 7 nitrogen and oxygen atoms in total. The van der Waals surface area contributed by atoms with Gasteiger partial charge in [-0.3, -0.25) is 4.79 Å². The van der Waals surface area contributed by atoms with Crippen molar-refractivity contribution in [1.29, 1.82) is 0 Å². The van der Waals surface area contributed by atoms with E-state index in [2.05, 4.69) is 35.6 Å². The Morgan fingerprint density at radius 1 is 1.18 bits per heavy atom. The highest BCUT2D eigenvalue weighted by molar-refractivity contribution is 5.77. The summed E-state index contributed by atoms with van der Waals surface area (Å²) >= 11 is 0. The van der Waals surface area contributed by atoms with Crippen LogP contribution in [0.3, 0.4) is 0 Å². The number of rotatable bonds is 6. The molecule has 1 aromatic carbocycles. The van der Waals surface area contributed by atoms with Gasteiger partial charge in [-0.05, 0) is 37.1 Å². The van der Waals surface area contributed by atoms with Crippen molar-refractivity contribution in [3.63, 3.8) is 0 Å². The molecule has 1 amide bonds. The third-order valence-electron chi connectivity index (χ3n) is 4.76. The quantitative estimate of drug-likeness (QED) is 0.761. The lowest BCUT2D eigenvalue weighted by Gasteiger charge is -2.40. The predicted octanol–water partition coefficient (Wildman–Crippen LogP) is 3.36. The van der Waals surface area contributed by atoms with Gasteiger partial charge in [-0.2, -0.15) is 0 Å². The molecule has 0 saturated carbocycles. The van der Waals surface area contributed by atoms with Crippen LogP contribution in [0.2, 0.25) is 0 Å². The molecule has 1 aliphatic rings. The van der Waals surface area contributed by atoms with Gasteiger partial charge in [-0.25, -0.2) is 9.97 Å². The van der Waals surface area contributed by atoms with Crippen LogP contribution in [0.15, 0.2) is 36.7 Å². The number of carbonyl (C=O) groups excluding carboxylic acids is 1. The van der Waals surface area contributed by atoms with E-state index >= 15 is 0 Å². The third kappa shape index (κ3) is 4.91. The Kier molecular flexibility index (Phi) is 6.34. The van der Waals surface area contributed by atoms with Crippen LogP contribution in [-0.4, -0.2) is 53.6 Å². The summed E-state index contributed by atoms with van der Waals surface area (Å²) in [5.74, 6) is 3.35. The van der Waals surface area contributed by atoms with Crippen molar-refractivity contribution < 1.29 is 14.3 Å². The van der Waals surface area contributed by atoms with Gasteiger partial charge in [0, 0.05) is 38.2 Å². The van der Waals surface area contributed by atoms with Crippen molar-refractivity contribution in [2.45, 2.75) is 33.2 Å². The average Bonchev–Trinajstić information content (AvgIpc) is 2.68. The summed E-state index contributed by atoms with van der Waals surface area (Å²) in [6.45, 7) is 8.41. The van der Waals surface area contributed by atoms with Crippen LogP contribution < -0.4 is 14.4 Å². The molecule has 0 unspecified atom stereocenters. The van der Waals surface area contributed by atoms with Crippen molar-refractivity contribution in [2.24, 2.45) is 5.92 Å². The first-order chi connectivity index (χ1) is 13.5. The maximum absolute atomic E-state index is 12.4. The van der Waals surface area contributed by atoms with Gasteiger partial charge in [0.25, 0.3) is 0 Å². The molecule has 2 heterocycles. The van der Waals surface area contributed by atoms with E-state index in [1.54, 1.807) is 7.11 Å². The van der Waals surface area contributed by atoms with Crippen LogP contribution in [0, 0.1) is 5.92 Å². The van der Waals surface area contributed by atoms with Gasteiger partial charge in [0.1, 0.15) is 23.6 Å². The zero-order valence-electron chi connectivity index (χ0n) is 17.0. The number of methoxy groups -OCH3 is 1. The Bertz CT molecular complexity index is 794. The Hall–Kier alpha value is -2.83. The van der Waals surface area contributed by atoms with Gasteiger partial charge in [0.2, 0.25) is 11.8 Å². The van der Waals surface area contributed by atoms with Crippen molar-refractivity contribution >= 4 is 11.7 Å². The molecule has 150 valence electrons. The molecule has 1 fully saturated rings. The molecule has 28 heavy (non-hydrogen) atoms. The molecule has 0 bridgehead atoms. The summed E-state index contributed by atoms with van der Waals surface area (Å²) < 4.78 is 11.0. The highest BCUT2D eigenvalue weighted by Crippen LogP contribution is 2.25. The van der Waals surface area contributed by atoms with Gasteiger partial charge in [-0.15, -0.1) is 0 Å². The van der Waals surface area contributed by atoms with Crippen LogP contribution in [0.25, 0.3) is 0 Å². The second-order valence-electron chi connectivity index (χ2n) is 7.47. The number of benzene rings is 1. The van der Waals surface area contributed by atoms with Crippen molar-refractivity contribution in [1.82, 2.24) is 14.9 Å². The van der Waals surface area contributed by atoms with E-state index in [4.69, 9.17) is 9.47 Å². The van der Waals surface area contributed by atoms with Gasteiger partial charge in [0.15, 0.2) is 0 Å². The molecular formula is C21H28N4O3. The minimum Gasteiger partial charge on any atom is -0.497 e. The summed E-state index contributed by atoms with van der Waals surface area (Å²) in [4.78, 5) is 25.2. The molecule has 0 spiro atoms. The summed E-state index contributed by atoms with van der Waals surface area (Å²) in [5.41, 5.74) is 0. The van der Waals surface area contributed by atoms with E-state index in [-0.39, 0.29) is 11.9 Å². The zero-order chi connectivity index (χ0) is 20.1. The largest absolute Gasteiger partial charge is 0.497 e. The molecule has 1 aromatic heterocycles. The van der Waals surface area contributed by atoms with E-state index < -0.39 is 0 Å². The van der Waals surface area contributed by atoms with Crippen LogP contribution in [0.4, 0.5) is 5.82 Å². The normalized spacial score (nSPS) is 17.0. The first kappa shape index (κ1) is 19.9. The van der Waals surface area contributed by atoms with Gasteiger partial charge >= 0.3 is 0 Å². The van der Waals surface area contributed by atoms with Gasteiger partial charge < -0.3 is 19.3 Å². The predicted molar refractivity (Wildman–Crippen MR) is 108 cm³/mol. The molecule has 1 aliphatic heterocycles. The highest BCUT2D eigenvalue weighted by atomic mass is 16.5. The standard InChI is InChI=1S/C21H28N4O3/c1-15(2)11-21(26)25-10-9-24(13-16(25)3)19-12-20(23-14-22-19)28-18-7-5-17(27-4)6-8-18/h5-8,12,14-16H,9-11,13H2,1-4H3/t16-/m1/s1. The Balaban J connectivity index is 1.64. The van der Waals surface area contributed by atoms with E-state index in [0.29, 0.717) is 30.5 Å². The fourth-order valence-corrected chi connectivity index (χ4v) is 3.33. The summed E-state index contributed by atoms with van der Waals surface area (Å²) in [7, 11) is 1.63. The number of nitrogens with zero attached hydrogens (tertiary/aromatic N) is 4. The number of piperazine rings is 1. The number of anilines is 1. The van der Waals surface area contributed by atoms with Crippen molar-refractivity contribution in [3.05, 3.63) is 36.7 Å². The van der Waals surface area contributed by atoms with Crippen LogP contribution in [0.1, 0.15) is 27.2 Å². The number of hydrogen-bond acceptors (Lipinski definition) is 6. The molecule has 1 atom stereocenters. The van der Waals surface area contributed by atoms with Crippen LogP contribution >= 0.6 is 0 Å². The summed E-state index contributed by atoms with van der Waals surface area (Å²) in [5, 5.41) is 0. The SMILES string of the molecule is COc1ccc(Oc2cc(N3CCN(C(=O)CC(C)C)[C@H](C)C3)ncn2)cc1. The molecule has 3 rings (SSSR count). The van der Waals surface area contributed by atoms with Crippen LogP contribution in [0.5, 0.6) is 17.4 Å². The molecule has 0 radical (unpaired) electrons.